The van der Waals surface area contributed by atoms with Crippen LogP contribution in [-0.2, 0) is 11.3 Å². The molecule has 27 heavy (non-hydrogen) atoms. The van der Waals surface area contributed by atoms with E-state index in [0.717, 1.165) is 34.5 Å². The Morgan fingerprint density at radius 1 is 1.33 bits per heavy atom. The van der Waals surface area contributed by atoms with Gasteiger partial charge in [0.15, 0.2) is 0 Å². The van der Waals surface area contributed by atoms with Gasteiger partial charge >= 0.3 is 0 Å². The molecule has 0 saturated carbocycles. The number of amides is 1. The van der Waals surface area contributed by atoms with Crippen LogP contribution in [-0.4, -0.2) is 45.1 Å². The van der Waals surface area contributed by atoms with Crippen molar-refractivity contribution in [1.29, 1.82) is 0 Å². The number of rotatable bonds is 3. The second-order valence-corrected chi connectivity index (χ2v) is 7.15. The fourth-order valence-corrected chi connectivity index (χ4v) is 3.94. The third-order valence-corrected chi connectivity index (χ3v) is 5.46. The number of carbonyl (C=O) groups excluding carboxylic acids is 1. The van der Waals surface area contributed by atoms with E-state index in [4.69, 9.17) is 4.98 Å². The van der Waals surface area contributed by atoms with Crippen LogP contribution in [0.4, 0.5) is 0 Å². The topological polar surface area (TPSA) is 74.2 Å². The van der Waals surface area contributed by atoms with Gasteiger partial charge < -0.3 is 9.88 Å². The number of aromatic amines is 1. The van der Waals surface area contributed by atoms with Crippen LogP contribution in [0.3, 0.4) is 0 Å². The second-order valence-electron chi connectivity index (χ2n) is 7.15. The first-order valence-electron chi connectivity index (χ1n) is 9.03. The lowest BCUT2D eigenvalue weighted by atomic mass is 9.93. The number of pyridine rings is 1. The zero-order valence-electron chi connectivity index (χ0n) is 15.1. The molecule has 2 aliphatic rings. The molecule has 0 spiro atoms. The van der Waals surface area contributed by atoms with E-state index in [-0.39, 0.29) is 11.8 Å². The molecule has 6 nitrogen and oxygen atoms in total. The van der Waals surface area contributed by atoms with E-state index in [1.165, 1.54) is 22.8 Å². The van der Waals surface area contributed by atoms with Gasteiger partial charge in [-0.05, 0) is 29.7 Å². The number of carbonyl (C=O) groups is 1. The largest absolute Gasteiger partial charge is 0.340 e. The molecule has 4 heterocycles. The first kappa shape index (κ1) is 15.9. The smallest absolute Gasteiger partial charge is 0.246 e. The molecule has 0 radical (unpaired) electrons. The minimum Gasteiger partial charge on any atom is -0.340 e. The zero-order chi connectivity index (χ0) is 18.5. The summed E-state index contributed by atoms with van der Waals surface area (Å²) < 4.78 is 0. The Labute approximate surface area is 156 Å². The van der Waals surface area contributed by atoms with Crippen molar-refractivity contribution in [3.63, 3.8) is 0 Å². The SMILES string of the molecule is C=CC(=O)N1CC(c2nc3c(-c4c(C)ccc5c4C=NC5)cncc3[nH]2)C1. The number of hydrogen-bond acceptors (Lipinski definition) is 4. The molecule has 1 aromatic carbocycles. The van der Waals surface area contributed by atoms with Gasteiger partial charge in [-0.3, -0.25) is 14.8 Å². The molecule has 2 aliphatic heterocycles. The molecule has 134 valence electrons. The maximum Gasteiger partial charge on any atom is 0.246 e. The number of hydrogen-bond donors (Lipinski definition) is 1. The molecule has 1 fully saturated rings. The molecule has 0 aliphatic carbocycles. The number of nitrogens with zero attached hydrogens (tertiary/aromatic N) is 4. The fourth-order valence-electron chi connectivity index (χ4n) is 3.94. The summed E-state index contributed by atoms with van der Waals surface area (Å²) in [6.07, 6.45) is 7.01. The van der Waals surface area contributed by atoms with Crippen molar-refractivity contribution >= 4 is 23.2 Å². The van der Waals surface area contributed by atoms with Crippen molar-refractivity contribution in [3.8, 4) is 11.1 Å². The van der Waals surface area contributed by atoms with Crippen LogP contribution in [0.25, 0.3) is 22.2 Å². The fraction of sp³-hybridized carbons (Fsp3) is 0.238. The summed E-state index contributed by atoms with van der Waals surface area (Å²) in [5, 5.41) is 0. The Bertz CT molecular complexity index is 1120. The van der Waals surface area contributed by atoms with Gasteiger partial charge in [-0.2, -0.15) is 0 Å². The number of H-pyrrole nitrogens is 1. The van der Waals surface area contributed by atoms with E-state index in [0.29, 0.717) is 13.1 Å². The summed E-state index contributed by atoms with van der Waals surface area (Å²) in [5.41, 5.74) is 7.61. The normalized spacial score (nSPS) is 15.8. The van der Waals surface area contributed by atoms with E-state index in [1.807, 2.05) is 18.6 Å². The van der Waals surface area contributed by atoms with Gasteiger partial charge in [-0.25, -0.2) is 4.98 Å². The number of aryl methyl sites for hydroxylation is 1. The predicted octanol–water partition coefficient (Wildman–Crippen LogP) is 2.98. The molecule has 1 N–H and O–H groups in total. The summed E-state index contributed by atoms with van der Waals surface area (Å²) in [4.78, 5) is 30.6. The molecule has 0 bridgehead atoms. The minimum absolute atomic E-state index is 0.0283. The summed E-state index contributed by atoms with van der Waals surface area (Å²) in [6.45, 7) is 7.72. The maximum absolute atomic E-state index is 11.7. The van der Waals surface area contributed by atoms with Gasteiger partial charge in [0.1, 0.15) is 5.82 Å². The average molecular weight is 357 g/mol. The second kappa shape index (κ2) is 5.87. The van der Waals surface area contributed by atoms with Crippen LogP contribution in [0, 0.1) is 6.92 Å². The summed E-state index contributed by atoms with van der Waals surface area (Å²) in [7, 11) is 0. The van der Waals surface area contributed by atoms with Crippen LogP contribution < -0.4 is 0 Å². The summed E-state index contributed by atoms with van der Waals surface area (Å²) in [5.74, 6) is 1.10. The zero-order valence-corrected chi connectivity index (χ0v) is 15.1. The monoisotopic (exact) mass is 357 g/mol. The molecule has 6 heteroatoms. The number of imidazole rings is 1. The van der Waals surface area contributed by atoms with Crippen molar-refractivity contribution < 1.29 is 4.79 Å². The third kappa shape index (κ3) is 2.40. The van der Waals surface area contributed by atoms with E-state index in [2.05, 4.69) is 40.6 Å². The highest BCUT2D eigenvalue weighted by Gasteiger charge is 2.33. The van der Waals surface area contributed by atoms with Crippen LogP contribution >= 0.6 is 0 Å². The first-order valence-corrected chi connectivity index (χ1v) is 9.03. The highest BCUT2D eigenvalue weighted by atomic mass is 16.2. The number of likely N-dealkylation sites (tertiary alicyclic amines) is 1. The van der Waals surface area contributed by atoms with Crippen molar-refractivity contribution in [1.82, 2.24) is 19.9 Å². The molecule has 1 amide bonds. The van der Waals surface area contributed by atoms with Crippen LogP contribution in [0.2, 0.25) is 0 Å². The lowest BCUT2D eigenvalue weighted by Gasteiger charge is -2.37. The van der Waals surface area contributed by atoms with Gasteiger partial charge in [0.2, 0.25) is 5.91 Å². The lowest BCUT2D eigenvalue weighted by Crippen LogP contribution is -2.48. The molecular formula is C21H19N5O. The standard InChI is InChI=1S/C21H19N5O/c1-3-18(27)26-10-14(11-26)21-24-17-9-23-8-16(20(17)25-21)19-12(2)4-5-13-6-22-7-15(13)19/h3-5,7-9,14H,1,6,10-11H2,2H3,(H,24,25). The van der Waals surface area contributed by atoms with Crippen molar-refractivity contribution in [2.24, 2.45) is 4.99 Å². The van der Waals surface area contributed by atoms with Crippen LogP contribution in [0.1, 0.15) is 28.4 Å². The third-order valence-electron chi connectivity index (χ3n) is 5.46. The van der Waals surface area contributed by atoms with Gasteiger partial charge in [-0.15, -0.1) is 0 Å². The van der Waals surface area contributed by atoms with Gasteiger partial charge in [-0.1, -0.05) is 18.7 Å². The van der Waals surface area contributed by atoms with Crippen molar-refractivity contribution in [2.45, 2.75) is 19.4 Å². The van der Waals surface area contributed by atoms with Gasteiger partial charge in [0, 0.05) is 36.6 Å². The van der Waals surface area contributed by atoms with E-state index in [1.54, 1.807) is 4.90 Å². The van der Waals surface area contributed by atoms with E-state index in [9.17, 15) is 4.79 Å². The number of benzene rings is 1. The highest BCUT2D eigenvalue weighted by Crippen LogP contribution is 2.36. The van der Waals surface area contributed by atoms with Gasteiger partial charge in [0.05, 0.1) is 29.7 Å². The van der Waals surface area contributed by atoms with Crippen LogP contribution in [0.5, 0.6) is 0 Å². The summed E-state index contributed by atoms with van der Waals surface area (Å²) in [6, 6.07) is 4.28. The number of aromatic nitrogens is 3. The number of aliphatic imine (C=N–C) groups is 1. The summed E-state index contributed by atoms with van der Waals surface area (Å²) >= 11 is 0. The Balaban J connectivity index is 1.58. The van der Waals surface area contributed by atoms with E-state index >= 15 is 0 Å². The molecule has 5 rings (SSSR count). The molecule has 1 saturated heterocycles. The van der Waals surface area contributed by atoms with Gasteiger partial charge in [0.25, 0.3) is 0 Å². The van der Waals surface area contributed by atoms with Crippen molar-refractivity contribution in [2.75, 3.05) is 13.1 Å². The molecule has 0 unspecified atom stereocenters. The van der Waals surface area contributed by atoms with Crippen LogP contribution in [0.15, 0.2) is 42.2 Å². The Morgan fingerprint density at radius 3 is 3.00 bits per heavy atom. The number of fused-ring (bicyclic) bond motifs is 2. The van der Waals surface area contributed by atoms with E-state index < -0.39 is 0 Å². The Morgan fingerprint density at radius 2 is 2.19 bits per heavy atom. The minimum atomic E-state index is -0.0283. The first-order chi connectivity index (χ1) is 13.2. The predicted molar refractivity (Wildman–Crippen MR) is 105 cm³/mol. The average Bonchev–Trinajstić information content (AvgIpc) is 3.26. The lowest BCUT2D eigenvalue weighted by molar-refractivity contribution is -0.130. The maximum atomic E-state index is 11.7. The van der Waals surface area contributed by atoms with Crippen molar-refractivity contribution in [3.05, 3.63) is 59.7 Å². The number of nitrogens with one attached hydrogen (secondary N) is 1. The molecule has 0 atom stereocenters. The molecule has 3 aromatic rings. The quantitative estimate of drug-likeness (QED) is 0.732. The molecular weight excluding hydrogens is 338 g/mol. The molecule has 2 aromatic heterocycles. The highest BCUT2D eigenvalue weighted by molar-refractivity contribution is 6.01. The Kier molecular flexibility index (Phi) is 3.47. The Hall–Kier alpha value is -3.28.